The lowest BCUT2D eigenvalue weighted by Gasteiger charge is -2.41. The van der Waals surface area contributed by atoms with Gasteiger partial charge in [0.05, 0.1) is 6.10 Å². The van der Waals surface area contributed by atoms with Gasteiger partial charge >= 0.3 is 5.30 Å². The molecule has 1 aromatic carbocycles. The maximum absolute atomic E-state index is 12.4. The van der Waals surface area contributed by atoms with Crippen LogP contribution in [-0.2, 0) is 0 Å². The Balaban J connectivity index is 1.50. The molecule has 0 heterocycles. The van der Waals surface area contributed by atoms with Gasteiger partial charge in [0.25, 0.3) is 0 Å². The molecule has 3 aliphatic rings. The normalized spacial score (nSPS) is 34.3. The fraction of sp³-hybridized carbons (Fsp3) is 0.464. The highest BCUT2D eigenvalue weighted by atomic mass is 32.2. The van der Waals surface area contributed by atoms with Crippen LogP contribution in [0.15, 0.2) is 77.4 Å². The Hall–Kier alpha value is -2.08. The number of carbonyl (C=O) groups is 1. The number of ether oxygens (including phenoxy) is 1. The lowest BCUT2D eigenvalue weighted by molar-refractivity contribution is 0.0609. The standard InChI is InChI=1S/C28H34O4S/c1-4-22-14-15-24-20(9-8-16-27(22,24)3)12-13-21-17-28(31,18-25(29)19(21)2)33-26(30)32-23-10-6-5-7-11-23/h5-7,10-14,24-25,29,31H,2,4,8-9,15-18H2,1,3H3/t24-,25-,27+,28-/m0/s1. The summed E-state index contributed by atoms with van der Waals surface area (Å²) in [5, 5.41) is 21.2. The molecule has 4 rings (SSSR count). The van der Waals surface area contributed by atoms with Gasteiger partial charge in [-0.05, 0) is 78.5 Å². The van der Waals surface area contributed by atoms with Crippen LogP contribution in [0, 0.1) is 11.3 Å². The first-order valence-electron chi connectivity index (χ1n) is 11.9. The molecule has 176 valence electrons. The van der Waals surface area contributed by atoms with E-state index in [-0.39, 0.29) is 18.3 Å². The van der Waals surface area contributed by atoms with Gasteiger partial charge < -0.3 is 14.9 Å². The van der Waals surface area contributed by atoms with E-state index < -0.39 is 16.3 Å². The van der Waals surface area contributed by atoms with E-state index >= 15 is 0 Å². The average molecular weight is 467 g/mol. The molecule has 0 unspecified atom stereocenters. The molecule has 0 amide bonds. The zero-order valence-corrected chi connectivity index (χ0v) is 20.4. The van der Waals surface area contributed by atoms with Crippen molar-refractivity contribution in [3.8, 4) is 5.75 Å². The van der Waals surface area contributed by atoms with Crippen molar-refractivity contribution in [2.75, 3.05) is 0 Å². The summed E-state index contributed by atoms with van der Waals surface area (Å²) in [5.41, 5.74) is 4.66. The molecule has 0 saturated heterocycles. The highest BCUT2D eigenvalue weighted by Gasteiger charge is 2.44. The smallest absolute Gasteiger partial charge is 0.375 e. The van der Waals surface area contributed by atoms with Gasteiger partial charge in [-0.3, -0.25) is 0 Å². The molecule has 0 spiro atoms. The van der Waals surface area contributed by atoms with Crippen LogP contribution in [0.25, 0.3) is 0 Å². The Bertz CT molecular complexity index is 1010. The molecule has 3 aliphatic carbocycles. The van der Waals surface area contributed by atoms with Crippen LogP contribution in [-0.4, -0.2) is 26.6 Å². The van der Waals surface area contributed by atoms with Gasteiger partial charge in [0, 0.05) is 12.8 Å². The number of thioether (sulfide) groups is 1. The van der Waals surface area contributed by atoms with Crippen LogP contribution in [0.3, 0.4) is 0 Å². The van der Waals surface area contributed by atoms with Gasteiger partial charge in [0.1, 0.15) is 10.7 Å². The Kier molecular flexibility index (Phi) is 7.04. The van der Waals surface area contributed by atoms with E-state index in [2.05, 4.69) is 32.6 Å². The van der Waals surface area contributed by atoms with E-state index in [1.807, 2.05) is 12.1 Å². The number of fused-ring (bicyclic) bond motifs is 1. The van der Waals surface area contributed by atoms with Gasteiger partial charge in [-0.2, -0.15) is 0 Å². The minimum Gasteiger partial charge on any atom is -0.418 e. The molecular weight excluding hydrogens is 432 g/mol. The number of benzene rings is 1. The summed E-state index contributed by atoms with van der Waals surface area (Å²) in [6, 6.07) is 8.79. The first kappa shape index (κ1) is 24.1. The number of carbonyl (C=O) groups excluding carboxylic acids is 1. The van der Waals surface area contributed by atoms with Crippen LogP contribution in [0.4, 0.5) is 4.79 Å². The average Bonchev–Trinajstić information content (AvgIpc) is 3.12. The van der Waals surface area contributed by atoms with Gasteiger partial charge in [-0.1, -0.05) is 68.0 Å². The Morgan fingerprint density at radius 1 is 1.30 bits per heavy atom. The van der Waals surface area contributed by atoms with Crippen molar-refractivity contribution in [3.05, 3.63) is 77.4 Å². The van der Waals surface area contributed by atoms with Crippen molar-refractivity contribution in [1.29, 1.82) is 0 Å². The first-order valence-corrected chi connectivity index (χ1v) is 12.7. The highest BCUT2D eigenvalue weighted by Crippen LogP contribution is 2.55. The first-order chi connectivity index (χ1) is 15.7. The molecular formula is C28H34O4S. The summed E-state index contributed by atoms with van der Waals surface area (Å²) < 4.78 is 5.34. The van der Waals surface area contributed by atoms with E-state index in [0.29, 0.717) is 17.2 Å². The second-order valence-electron chi connectivity index (χ2n) is 9.71. The van der Waals surface area contributed by atoms with Gasteiger partial charge in [0.2, 0.25) is 0 Å². The van der Waals surface area contributed by atoms with Crippen molar-refractivity contribution in [3.63, 3.8) is 0 Å². The summed E-state index contributed by atoms with van der Waals surface area (Å²) in [5.74, 6) is 0.950. The number of allylic oxidation sites excluding steroid dienone is 5. The molecule has 0 bridgehead atoms. The van der Waals surface area contributed by atoms with Crippen LogP contribution >= 0.6 is 11.8 Å². The largest absolute Gasteiger partial charge is 0.418 e. The van der Waals surface area contributed by atoms with Crippen LogP contribution in [0.5, 0.6) is 5.75 Å². The summed E-state index contributed by atoms with van der Waals surface area (Å²) >= 11 is 0.730. The minimum atomic E-state index is -1.44. The predicted octanol–water partition coefficient (Wildman–Crippen LogP) is 6.72. The molecule has 4 nitrogen and oxygen atoms in total. The van der Waals surface area contributed by atoms with E-state index in [1.54, 1.807) is 29.8 Å². The van der Waals surface area contributed by atoms with Crippen molar-refractivity contribution < 1.29 is 19.7 Å². The minimum absolute atomic E-state index is 0.0405. The fourth-order valence-corrected chi connectivity index (χ4v) is 6.71. The van der Waals surface area contributed by atoms with E-state index in [1.165, 1.54) is 18.4 Å². The van der Waals surface area contributed by atoms with Crippen molar-refractivity contribution >= 4 is 17.1 Å². The molecule has 4 atom stereocenters. The number of hydrogen-bond acceptors (Lipinski definition) is 5. The number of para-hydroxylation sites is 1. The molecule has 33 heavy (non-hydrogen) atoms. The summed E-state index contributed by atoms with van der Waals surface area (Å²) in [7, 11) is 0. The maximum Gasteiger partial charge on any atom is 0.375 e. The number of rotatable bonds is 4. The van der Waals surface area contributed by atoms with E-state index in [9.17, 15) is 15.0 Å². The van der Waals surface area contributed by atoms with Crippen molar-refractivity contribution in [1.82, 2.24) is 0 Å². The van der Waals surface area contributed by atoms with Gasteiger partial charge in [0.15, 0.2) is 0 Å². The molecule has 0 aliphatic heterocycles. The van der Waals surface area contributed by atoms with Crippen molar-refractivity contribution in [2.24, 2.45) is 11.3 Å². The van der Waals surface area contributed by atoms with Crippen LogP contribution in [0.2, 0.25) is 0 Å². The Morgan fingerprint density at radius 3 is 2.79 bits per heavy atom. The third-order valence-electron chi connectivity index (χ3n) is 7.60. The summed E-state index contributed by atoms with van der Waals surface area (Å²) in [4.78, 5) is 11.0. The number of aliphatic hydroxyl groups excluding tert-OH is 1. The second-order valence-corrected chi connectivity index (χ2v) is 11.0. The van der Waals surface area contributed by atoms with E-state index in [4.69, 9.17) is 4.74 Å². The lowest BCUT2D eigenvalue weighted by Crippen LogP contribution is -2.38. The molecule has 5 heteroatoms. The van der Waals surface area contributed by atoms with Gasteiger partial charge in [-0.25, -0.2) is 4.79 Å². The second kappa shape index (κ2) is 9.65. The quantitative estimate of drug-likeness (QED) is 0.293. The molecule has 0 radical (unpaired) electrons. The van der Waals surface area contributed by atoms with Gasteiger partial charge in [-0.15, -0.1) is 0 Å². The third-order valence-corrected chi connectivity index (χ3v) is 8.54. The molecule has 0 aromatic heterocycles. The third kappa shape index (κ3) is 5.06. The van der Waals surface area contributed by atoms with E-state index in [0.717, 1.165) is 36.6 Å². The molecule has 2 saturated carbocycles. The van der Waals surface area contributed by atoms with Crippen LogP contribution < -0.4 is 4.74 Å². The maximum atomic E-state index is 12.4. The van der Waals surface area contributed by atoms with Crippen LogP contribution in [0.1, 0.15) is 58.8 Å². The zero-order valence-electron chi connectivity index (χ0n) is 19.5. The molecule has 2 fully saturated rings. The predicted molar refractivity (Wildman–Crippen MR) is 134 cm³/mol. The topological polar surface area (TPSA) is 66.8 Å². The SMILES string of the molecule is C=C1C(=CC=C2CCC[C@]3(C)C(CC)=CC[C@@H]23)C[C@](O)(SC(=O)Oc2ccccc2)C[C@@H]1O. The zero-order chi connectivity index (χ0) is 23.6. The molecule has 1 aromatic rings. The Labute approximate surface area is 201 Å². The number of hydrogen-bond donors (Lipinski definition) is 2. The summed E-state index contributed by atoms with van der Waals surface area (Å²) in [6.07, 6.45) is 11.7. The molecule has 2 N–H and O–H groups in total. The highest BCUT2D eigenvalue weighted by molar-refractivity contribution is 8.14. The number of aliphatic hydroxyl groups is 2. The Morgan fingerprint density at radius 2 is 2.06 bits per heavy atom. The summed E-state index contributed by atoms with van der Waals surface area (Å²) in [6.45, 7) is 8.71. The monoisotopic (exact) mass is 466 g/mol. The lowest BCUT2D eigenvalue weighted by atomic mass is 9.64. The fourth-order valence-electron chi connectivity index (χ4n) is 5.79. The van der Waals surface area contributed by atoms with Crippen molar-refractivity contribution in [2.45, 2.75) is 69.8 Å².